The molecule has 0 aliphatic heterocycles. The van der Waals surface area contributed by atoms with Gasteiger partial charge in [-0.3, -0.25) is 9.00 Å². The Morgan fingerprint density at radius 2 is 2.31 bits per heavy atom. The summed E-state index contributed by atoms with van der Waals surface area (Å²) >= 11 is 0. The quantitative estimate of drug-likeness (QED) is 0.554. The van der Waals surface area contributed by atoms with Gasteiger partial charge in [0.25, 0.3) is 0 Å². The maximum Gasteiger partial charge on any atom is 0.250 e. The Hall–Kier alpha value is -0.460. The molecule has 0 spiro atoms. The summed E-state index contributed by atoms with van der Waals surface area (Å²) in [7, 11) is 0.540. The van der Waals surface area contributed by atoms with Crippen molar-refractivity contribution in [2.45, 2.75) is 6.10 Å². The smallest absolute Gasteiger partial charge is 0.250 e. The normalized spacial score (nSPS) is 15.0. The van der Waals surface area contributed by atoms with Crippen molar-refractivity contribution < 1.29 is 13.7 Å². The van der Waals surface area contributed by atoms with Crippen LogP contribution in [0.15, 0.2) is 0 Å². The second kappa shape index (κ2) is 6.99. The largest absolute Gasteiger partial charge is 0.370 e. The molecule has 2 unspecified atom stereocenters. The number of carbonyl (C=O) groups excluding carboxylic acids is 1. The van der Waals surface area contributed by atoms with Crippen molar-refractivity contribution in [3.8, 4) is 0 Å². The highest BCUT2D eigenvalue weighted by atomic mass is 32.2. The van der Waals surface area contributed by atoms with Crippen molar-refractivity contribution >= 4 is 16.7 Å². The lowest BCUT2D eigenvalue weighted by atomic mass is 10.3. The molecule has 0 bridgehead atoms. The molecule has 2 atom stereocenters. The summed E-state index contributed by atoms with van der Waals surface area (Å²) in [6, 6.07) is 0. The Kier molecular flexibility index (Phi) is 6.75. The van der Waals surface area contributed by atoms with Crippen LogP contribution in [0.2, 0.25) is 0 Å². The molecule has 5 nitrogen and oxygen atoms in total. The van der Waals surface area contributed by atoms with Gasteiger partial charge < -0.3 is 15.8 Å². The molecule has 0 aromatic carbocycles. The molecular formula is C7H16N2O3S. The van der Waals surface area contributed by atoms with E-state index in [9.17, 15) is 9.00 Å². The monoisotopic (exact) mass is 208 g/mol. The highest BCUT2D eigenvalue weighted by molar-refractivity contribution is 7.84. The van der Waals surface area contributed by atoms with Crippen molar-refractivity contribution in [1.82, 2.24) is 5.32 Å². The summed E-state index contributed by atoms with van der Waals surface area (Å²) in [6.07, 6.45) is 0.980. The number of hydrogen-bond acceptors (Lipinski definition) is 4. The van der Waals surface area contributed by atoms with Crippen LogP contribution in [0.1, 0.15) is 0 Å². The first kappa shape index (κ1) is 12.5. The van der Waals surface area contributed by atoms with Gasteiger partial charge in [0.2, 0.25) is 5.91 Å². The number of amides is 1. The predicted molar refractivity (Wildman–Crippen MR) is 51.8 cm³/mol. The van der Waals surface area contributed by atoms with E-state index < -0.39 is 16.9 Å². The highest BCUT2D eigenvalue weighted by Gasteiger charge is 2.14. The molecule has 0 aliphatic rings. The minimum atomic E-state index is -0.886. The van der Waals surface area contributed by atoms with Gasteiger partial charge in [-0.2, -0.15) is 0 Å². The van der Waals surface area contributed by atoms with Crippen LogP contribution < -0.4 is 11.1 Å². The van der Waals surface area contributed by atoms with Gasteiger partial charge in [-0.25, -0.2) is 0 Å². The first-order valence-corrected chi connectivity index (χ1v) is 5.65. The van der Waals surface area contributed by atoms with E-state index in [2.05, 4.69) is 5.32 Å². The first-order chi connectivity index (χ1) is 6.11. The SMILES string of the molecule is COC(CN)C(=O)NCCS(C)=O. The zero-order chi connectivity index (χ0) is 10.3. The van der Waals surface area contributed by atoms with Crippen LogP contribution in [0, 0.1) is 0 Å². The van der Waals surface area contributed by atoms with E-state index in [1.165, 1.54) is 7.11 Å². The summed E-state index contributed by atoms with van der Waals surface area (Å²) in [5.74, 6) is 0.197. The van der Waals surface area contributed by atoms with Crippen LogP contribution in [0.4, 0.5) is 0 Å². The molecule has 0 heterocycles. The lowest BCUT2D eigenvalue weighted by Crippen LogP contribution is -2.41. The topological polar surface area (TPSA) is 81.4 Å². The Morgan fingerprint density at radius 3 is 2.69 bits per heavy atom. The Balaban J connectivity index is 3.66. The van der Waals surface area contributed by atoms with E-state index in [0.29, 0.717) is 12.3 Å². The fourth-order valence-electron chi connectivity index (χ4n) is 0.742. The number of carbonyl (C=O) groups is 1. The molecule has 0 fully saturated rings. The average Bonchev–Trinajstić information content (AvgIpc) is 2.05. The summed E-state index contributed by atoms with van der Waals surface area (Å²) in [5.41, 5.74) is 5.27. The van der Waals surface area contributed by atoms with E-state index in [1.54, 1.807) is 6.26 Å². The molecular weight excluding hydrogens is 192 g/mol. The van der Waals surface area contributed by atoms with Crippen molar-refractivity contribution in [2.24, 2.45) is 5.73 Å². The summed E-state index contributed by atoms with van der Waals surface area (Å²) in [5, 5.41) is 2.58. The molecule has 78 valence electrons. The van der Waals surface area contributed by atoms with Crippen molar-refractivity contribution in [1.29, 1.82) is 0 Å². The fraction of sp³-hybridized carbons (Fsp3) is 0.857. The minimum Gasteiger partial charge on any atom is -0.370 e. The summed E-state index contributed by atoms with van der Waals surface area (Å²) in [6.45, 7) is 0.541. The third kappa shape index (κ3) is 5.73. The first-order valence-electron chi connectivity index (χ1n) is 3.92. The average molecular weight is 208 g/mol. The zero-order valence-corrected chi connectivity index (χ0v) is 8.73. The van der Waals surface area contributed by atoms with Crippen LogP contribution >= 0.6 is 0 Å². The lowest BCUT2D eigenvalue weighted by Gasteiger charge is -2.12. The molecule has 0 aromatic heterocycles. The van der Waals surface area contributed by atoms with Gasteiger partial charge in [0.15, 0.2) is 0 Å². The molecule has 1 amide bonds. The molecule has 3 N–H and O–H groups in total. The standard InChI is InChI=1S/C7H16N2O3S/c1-12-6(5-8)7(10)9-3-4-13(2)11/h6H,3-5,8H2,1-2H3,(H,9,10). The molecule has 13 heavy (non-hydrogen) atoms. The number of nitrogens with two attached hydrogens (primary N) is 1. The maximum absolute atomic E-state index is 11.2. The van der Waals surface area contributed by atoms with Crippen LogP contribution in [0.25, 0.3) is 0 Å². The van der Waals surface area contributed by atoms with Gasteiger partial charge in [-0.05, 0) is 0 Å². The van der Waals surface area contributed by atoms with Gasteiger partial charge in [-0.15, -0.1) is 0 Å². The maximum atomic E-state index is 11.2. The molecule has 0 rings (SSSR count). The van der Waals surface area contributed by atoms with E-state index in [4.69, 9.17) is 10.5 Å². The second-order valence-electron chi connectivity index (χ2n) is 2.53. The molecule has 0 aliphatic carbocycles. The fourth-order valence-corrected chi connectivity index (χ4v) is 1.13. The van der Waals surface area contributed by atoms with Gasteiger partial charge in [0.1, 0.15) is 6.10 Å². The molecule has 0 aromatic rings. The second-order valence-corrected chi connectivity index (χ2v) is 4.08. The molecule has 0 saturated heterocycles. The van der Waals surface area contributed by atoms with Crippen LogP contribution in [0.5, 0.6) is 0 Å². The molecule has 0 saturated carbocycles. The van der Waals surface area contributed by atoms with Gasteiger partial charge in [0, 0.05) is 43.0 Å². The molecule has 0 radical (unpaired) electrons. The van der Waals surface area contributed by atoms with E-state index in [0.717, 1.165) is 0 Å². The van der Waals surface area contributed by atoms with Crippen LogP contribution in [-0.2, 0) is 20.3 Å². The summed E-state index contributed by atoms with van der Waals surface area (Å²) < 4.78 is 15.4. The van der Waals surface area contributed by atoms with Gasteiger partial charge in [0.05, 0.1) is 0 Å². The van der Waals surface area contributed by atoms with Crippen molar-refractivity contribution in [3.63, 3.8) is 0 Å². The van der Waals surface area contributed by atoms with Crippen molar-refractivity contribution in [3.05, 3.63) is 0 Å². The number of ether oxygens (including phenoxy) is 1. The van der Waals surface area contributed by atoms with Crippen LogP contribution in [-0.4, -0.2) is 48.4 Å². The van der Waals surface area contributed by atoms with Gasteiger partial charge in [-0.1, -0.05) is 0 Å². The number of hydrogen-bond donors (Lipinski definition) is 2. The lowest BCUT2D eigenvalue weighted by molar-refractivity contribution is -0.130. The minimum absolute atomic E-state index is 0.150. The van der Waals surface area contributed by atoms with E-state index >= 15 is 0 Å². The van der Waals surface area contributed by atoms with Gasteiger partial charge >= 0.3 is 0 Å². The van der Waals surface area contributed by atoms with Crippen LogP contribution in [0.3, 0.4) is 0 Å². The Bertz CT molecular complexity index is 183. The molecule has 6 heteroatoms. The number of nitrogens with one attached hydrogen (secondary N) is 1. The summed E-state index contributed by atoms with van der Waals surface area (Å²) in [4.78, 5) is 11.2. The third-order valence-corrected chi connectivity index (χ3v) is 2.26. The van der Waals surface area contributed by atoms with E-state index in [-0.39, 0.29) is 12.5 Å². The number of methoxy groups -OCH3 is 1. The third-order valence-electron chi connectivity index (χ3n) is 1.48. The predicted octanol–water partition coefficient (Wildman–Crippen LogP) is -1.55. The Morgan fingerprint density at radius 1 is 1.69 bits per heavy atom. The van der Waals surface area contributed by atoms with Crippen molar-refractivity contribution in [2.75, 3.05) is 32.2 Å². The highest BCUT2D eigenvalue weighted by Crippen LogP contribution is 1.86. The zero-order valence-electron chi connectivity index (χ0n) is 7.91. The number of rotatable bonds is 6. The Labute approximate surface area is 80.5 Å². The van der Waals surface area contributed by atoms with E-state index in [1.807, 2.05) is 0 Å².